The first-order chi connectivity index (χ1) is 16.5. The molecule has 1 heterocycles. The van der Waals surface area contributed by atoms with E-state index in [0.717, 1.165) is 0 Å². The summed E-state index contributed by atoms with van der Waals surface area (Å²) in [5.74, 6) is -0.656. The fraction of sp³-hybridized carbons (Fsp3) is 0.167. The molecule has 10 heteroatoms. The Hall–Kier alpha value is -4.60. The van der Waals surface area contributed by atoms with Crippen LogP contribution in [0.3, 0.4) is 0 Å². The molecule has 0 aliphatic rings. The lowest BCUT2D eigenvalue weighted by atomic mass is 10.2. The minimum Gasteiger partial charge on any atom is -0.424 e. The van der Waals surface area contributed by atoms with Gasteiger partial charge in [-0.3, -0.25) is 14.4 Å². The van der Waals surface area contributed by atoms with E-state index in [4.69, 9.17) is 10.5 Å². The fourth-order valence-corrected chi connectivity index (χ4v) is 2.77. The number of aromatic nitrogens is 1. The molecule has 0 radical (unpaired) electrons. The number of rotatable bonds is 9. The van der Waals surface area contributed by atoms with Crippen molar-refractivity contribution < 1.29 is 19.1 Å². The van der Waals surface area contributed by atoms with E-state index in [9.17, 15) is 14.4 Å². The molecule has 2 amide bonds. The number of anilines is 2. The number of esters is 1. The van der Waals surface area contributed by atoms with Crippen LogP contribution in [0.15, 0.2) is 77.0 Å². The third-order valence-electron chi connectivity index (χ3n) is 4.42. The number of amides is 2. The Morgan fingerprint density at radius 2 is 1.65 bits per heavy atom. The van der Waals surface area contributed by atoms with Gasteiger partial charge in [0, 0.05) is 12.0 Å². The summed E-state index contributed by atoms with van der Waals surface area (Å²) in [6, 6.07) is 18.3. The van der Waals surface area contributed by atoms with Crippen molar-refractivity contribution in [1.29, 1.82) is 0 Å². The summed E-state index contributed by atoms with van der Waals surface area (Å²) in [6.07, 6.45) is 0.971. The highest BCUT2D eigenvalue weighted by Gasteiger charge is 2.11. The summed E-state index contributed by atoms with van der Waals surface area (Å²) >= 11 is 0. The SMILES string of the molecule is CCCC(=O)Oc1ccccc1N=Nc1ccc(NC(=O)CNC(=O)c2ccccc2)nc1N. The van der Waals surface area contributed by atoms with Crippen LogP contribution in [0.25, 0.3) is 0 Å². The molecule has 0 unspecified atom stereocenters. The Kier molecular flexibility index (Phi) is 8.39. The van der Waals surface area contributed by atoms with Crippen LogP contribution >= 0.6 is 0 Å². The van der Waals surface area contributed by atoms with E-state index in [1.165, 1.54) is 12.1 Å². The quantitative estimate of drug-likeness (QED) is 0.248. The monoisotopic (exact) mass is 460 g/mol. The highest BCUT2D eigenvalue weighted by atomic mass is 16.5. The zero-order valence-corrected chi connectivity index (χ0v) is 18.5. The van der Waals surface area contributed by atoms with Crippen LogP contribution in [0.5, 0.6) is 5.75 Å². The highest BCUT2D eigenvalue weighted by molar-refractivity contribution is 5.99. The van der Waals surface area contributed by atoms with Crippen molar-refractivity contribution >= 4 is 40.8 Å². The molecule has 0 spiro atoms. The zero-order valence-electron chi connectivity index (χ0n) is 18.5. The number of benzene rings is 2. The molecule has 0 saturated carbocycles. The van der Waals surface area contributed by atoms with Crippen LogP contribution in [-0.2, 0) is 9.59 Å². The van der Waals surface area contributed by atoms with E-state index in [-0.39, 0.29) is 41.5 Å². The van der Waals surface area contributed by atoms with Crippen molar-refractivity contribution in [3.63, 3.8) is 0 Å². The lowest BCUT2D eigenvalue weighted by Gasteiger charge is -2.08. The average molecular weight is 460 g/mol. The molecule has 3 rings (SSSR count). The summed E-state index contributed by atoms with van der Waals surface area (Å²) < 4.78 is 5.32. The van der Waals surface area contributed by atoms with Gasteiger partial charge in [-0.25, -0.2) is 4.98 Å². The summed E-state index contributed by atoms with van der Waals surface area (Å²) in [7, 11) is 0. The summed E-state index contributed by atoms with van der Waals surface area (Å²) in [5, 5.41) is 13.3. The van der Waals surface area contributed by atoms with Gasteiger partial charge in [-0.05, 0) is 42.8 Å². The molecule has 3 aromatic rings. The van der Waals surface area contributed by atoms with Gasteiger partial charge in [-0.15, -0.1) is 10.2 Å². The number of para-hydroxylation sites is 1. The number of pyridine rings is 1. The molecule has 2 aromatic carbocycles. The van der Waals surface area contributed by atoms with Gasteiger partial charge in [0.05, 0.1) is 6.54 Å². The van der Waals surface area contributed by atoms with E-state index in [1.54, 1.807) is 54.6 Å². The molecule has 0 saturated heterocycles. The number of carbonyl (C=O) groups is 3. The fourth-order valence-electron chi connectivity index (χ4n) is 2.77. The number of nitrogens with one attached hydrogen (secondary N) is 2. The van der Waals surface area contributed by atoms with Gasteiger partial charge in [0.25, 0.3) is 5.91 Å². The maximum absolute atomic E-state index is 12.1. The largest absolute Gasteiger partial charge is 0.424 e. The Labute approximate surface area is 196 Å². The topological polar surface area (TPSA) is 148 Å². The number of carbonyl (C=O) groups excluding carboxylic acids is 3. The first-order valence-electron chi connectivity index (χ1n) is 10.6. The van der Waals surface area contributed by atoms with Gasteiger partial charge in [0.2, 0.25) is 5.91 Å². The number of ether oxygens (including phenoxy) is 1. The second-order valence-corrected chi connectivity index (χ2v) is 7.09. The summed E-state index contributed by atoms with van der Waals surface area (Å²) in [5.41, 5.74) is 7.03. The Morgan fingerprint density at radius 1 is 0.941 bits per heavy atom. The van der Waals surface area contributed by atoms with Gasteiger partial charge >= 0.3 is 5.97 Å². The highest BCUT2D eigenvalue weighted by Crippen LogP contribution is 2.30. The Morgan fingerprint density at radius 3 is 2.38 bits per heavy atom. The Bertz CT molecular complexity index is 1200. The second kappa shape index (κ2) is 11.9. The minimum absolute atomic E-state index is 0.0373. The molecule has 0 aliphatic heterocycles. The molecule has 0 atom stereocenters. The van der Waals surface area contributed by atoms with Crippen LogP contribution < -0.4 is 21.1 Å². The van der Waals surface area contributed by atoms with Gasteiger partial charge in [-0.1, -0.05) is 37.3 Å². The minimum atomic E-state index is -0.464. The van der Waals surface area contributed by atoms with Crippen LogP contribution in [-0.4, -0.2) is 29.3 Å². The third kappa shape index (κ3) is 6.95. The maximum atomic E-state index is 12.1. The third-order valence-corrected chi connectivity index (χ3v) is 4.42. The lowest BCUT2D eigenvalue weighted by Crippen LogP contribution is -2.33. The summed E-state index contributed by atoms with van der Waals surface area (Å²) in [6.45, 7) is 1.65. The normalized spacial score (nSPS) is 10.6. The van der Waals surface area contributed by atoms with E-state index >= 15 is 0 Å². The molecular weight excluding hydrogens is 436 g/mol. The molecule has 0 fully saturated rings. The van der Waals surface area contributed by atoms with Gasteiger partial charge < -0.3 is 21.1 Å². The van der Waals surface area contributed by atoms with Crippen molar-refractivity contribution in [3.05, 3.63) is 72.3 Å². The van der Waals surface area contributed by atoms with Gasteiger partial charge in [0.1, 0.15) is 17.2 Å². The van der Waals surface area contributed by atoms with Crippen molar-refractivity contribution in [2.24, 2.45) is 10.2 Å². The van der Waals surface area contributed by atoms with Gasteiger partial charge in [0.15, 0.2) is 11.6 Å². The lowest BCUT2D eigenvalue weighted by molar-refractivity contribution is -0.134. The molecule has 0 bridgehead atoms. The first kappa shape index (κ1) is 24.1. The number of nitrogen functional groups attached to an aromatic ring is 1. The van der Waals surface area contributed by atoms with Crippen LogP contribution in [0.4, 0.5) is 23.0 Å². The molecule has 174 valence electrons. The van der Waals surface area contributed by atoms with E-state index in [1.807, 2.05) is 6.92 Å². The number of hydrogen-bond acceptors (Lipinski definition) is 8. The first-order valence-corrected chi connectivity index (χ1v) is 10.6. The zero-order chi connectivity index (χ0) is 24.3. The van der Waals surface area contributed by atoms with E-state index < -0.39 is 5.91 Å². The maximum Gasteiger partial charge on any atom is 0.311 e. The van der Waals surface area contributed by atoms with Crippen molar-refractivity contribution in [3.8, 4) is 5.75 Å². The van der Waals surface area contributed by atoms with Crippen LogP contribution in [0.2, 0.25) is 0 Å². The van der Waals surface area contributed by atoms with E-state index in [0.29, 0.717) is 24.1 Å². The van der Waals surface area contributed by atoms with Crippen molar-refractivity contribution in [1.82, 2.24) is 10.3 Å². The average Bonchev–Trinajstić information content (AvgIpc) is 2.83. The van der Waals surface area contributed by atoms with Crippen molar-refractivity contribution in [2.75, 3.05) is 17.6 Å². The van der Waals surface area contributed by atoms with Gasteiger partial charge in [-0.2, -0.15) is 0 Å². The molecule has 34 heavy (non-hydrogen) atoms. The molecule has 1 aromatic heterocycles. The summed E-state index contributed by atoms with van der Waals surface area (Å²) in [4.78, 5) is 40.1. The number of azo groups is 1. The molecule has 0 aliphatic carbocycles. The Balaban J connectivity index is 1.60. The van der Waals surface area contributed by atoms with Crippen molar-refractivity contribution in [2.45, 2.75) is 19.8 Å². The predicted octanol–water partition coefficient (Wildman–Crippen LogP) is 4.15. The smallest absolute Gasteiger partial charge is 0.311 e. The molecule has 4 N–H and O–H groups in total. The predicted molar refractivity (Wildman–Crippen MR) is 127 cm³/mol. The number of nitrogens with zero attached hydrogens (tertiary/aromatic N) is 3. The number of hydrogen-bond donors (Lipinski definition) is 3. The van der Waals surface area contributed by atoms with Crippen LogP contribution in [0.1, 0.15) is 30.1 Å². The number of nitrogens with two attached hydrogens (primary N) is 1. The molecule has 10 nitrogen and oxygen atoms in total. The second-order valence-electron chi connectivity index (χ2n) is 7.09. The van der Waals surface area contributed by atoms with E-state index in [2.05, 4.69) is 25.8 Å². The molecular formula is C24H24N6O4. The van der Waals surface area contributed by atoms with Crippen LogP contribution in [0, 0.1) is 0 Å². The standard InChI is InChI=1S/C24H24N6O4/c1-2-8-22(32)34-19-12-7-6-11-17(19)29-30-18-13-14-20(28-23(18)25)27-21(31)15-26-24(33)16-9-4-3-5-10-16/h3-7,9-14H,2,8,15H2,1H3,(H,26,33)(H3,25,27,28,31).